The average Bonchev–Trinajstić information content (AvgIpc) is 2.96. The molecule has 0 bridgehead atoms. The fraction of sp³-hybridized carbons (Fsp3) is 0.167. The molecule has 0 aliphatic carbocycles. The van der Waals surface area contributed by atoms with Crippen molar-refractivity contribution in [2.24, 2.45) is 7.05 Å². The van der Waals surface area contributed by atoms with Gasteiger partial charge in [0, 0.05) is 30.7 Å². The number of pyridine rings is 1. The molecule has 0 saturated carbocycles. The maximum atomic E-state index is 13.2. The molecule has 4 rings (SSSR count). The molecule has 0 aliphatic rings. The van der Waals surface area contributed by atoms with Crippen LogP contribution >= 0.6 is 12.4 Å². The minimum absolute atomic E-state index is 0. The second-order valence-corrected chi connectivity index (χ2v) is 7.25. The number of anilines is 1. The van der Waals surface area contributed by atoms with Gasteiger partial charge >= 0.3 is 6.09 Å². The molecule has 2 aromatic heterocycles. The van der Waals surface area contributed by atoms with Gasteiger partial charge in [-0.15, -0.1) is 12.4 Å². The first-order valence-electron chi connectivity index (χ1n) is 9.66. The maximum absolute atomic E-state index is 13.2. The SMILES string of the molecule is Cc1c(C)n(C)c2ccnc(NC(=O)Oc3ccccc3Cc3ccc(F)cc3)c12.Cl. The third-order valence-electron chi connectivity index (χ3n) is 5.41. The number of carbonyl (C=O) groups excluding carboxylic acids is 1. The van der Waals surface area contributed by atoms with Crippen molar-refractivity contribution in [3.05, 3.63) is 89.0 Å². The number of nitrogens with one attached hydrogen (secondary N) is 1. The Morgan fingerprint density at radius 2 is 1.81 bits per heavy atom. The first-order valence-corrected chi connectivity index (χ1v) is 9.66. The van der Waals surface area contributed by atoms with Gasteiger partial charge in [-0.2, -0.15) is 0 Å². The minimum atomic E-state index is -0.609. The van der Waals surface area contributed by atoms with Crippen molar-refractivity contribution in [3.63, 3.8) is 0 Å². The summed E-state index contributed by atoms with van der Waals surface area (Å²) in [6.45, 7) is 4.04. The Morgan fingerprint density at radius 1 is 1.10 bits per heavy atom. The quantitative estimate of drug-likeness (QED) is 0.427. The van der Waals surface area contributed by atoms with Crippen molar-refractivity contribution in [2.45, 2.75) is 20.3 Å². The smallest absolute Gasteiger partial charge is 0.410 e. The Labute approximate surface area is 186 Å². The van der Waals surface area contributed by atoms with Crippen LogP contribution in [0.25, 0.3) is 10.9 Å². The summed E-state index contributed by atoms with van der Waals surface area (Å²) in [4.78, 5) is 17.0. The second-order valence-electron chi connectivity index (χ2n) is 7.25. The van der Waals surface area contributed by atoms with E-state index in [0.29, 0.717) is 18.0 Å². The Morgan fingerprint density at radius 3 is 2.55 bits per heavy atom. The molecule has 4 aromatic rings. The zero-order chi connectivity index (χ0) is 21.3. The third-order valence-corrected chi connectivity index (χ3v) is 5.41. The molecule has 160 valence electrons. The molecule has 0 aliphatic heterocycles. The fourth-order valence-corrected chi connectivity index (χ4v) is 3.60. The van der Waals surface area contributed by atoms with Gasteiger partial charge in [0.05, 0.1) is 5.52 Å². The number of amides is 1. The molecule has 1 N–H and O–H groups in total. The number of aryl methyl sites for hydroxylation is 2. The molecule has 0 atom stereocenters. The molecular weight excluding hydrogens is 417 g/mol. The summed E-state index contributed by atoms with van der Waals surface area (Å²) >= 11 is 0. The van der Waals surface area contributed by atoms with E-state index in [2.05, 4.69) is 14.9 Å². The summed E-state index contributed by atoms with van der Waals surface area (Å²) in [5.74, 6) is 0.637. The van der Waals surface area contributed by atoms with Crippen LogP contribution in [-0.4, -0.2) is 15.6 Å². The van der Waals surface area contributed by atoms with Gasteiger partial charge in [0.15, 0.2) is 0 Å². The summed E-state index contributed by atoms with van der Waals surface area (Å²) in [6, 6.07) is 15.5. The number of hydrogen-bond donors (Lipinski definition) is 1. The molecule has 2 aromatic carbocycles. The van der Waals surface area contributed by atoms with Crippen molar-refractivity contribution < 1.29 is 13.9 Å². The van der Waals surface area contributed by atoms with Crippen molar-refractivity contribution in [3.8, 4) is 5.75 Å². The van der Waals surface area contributed by atoms with Gasteiger partial charge in [0.25, 0.3) is 0 Å². The standard InChI is InChI=1S/C24H22FN3O2.ClH/c1-15-16(2)28(3)20-12-13-26-23(22(15)20)27-24(29)30-21-7-5-4-6-18(21)14-17-8-10-19(25)11-9-17;/h4-13H,14H2,1-3H3,(H,26,27,29);1H. The second kappa shape index (κ2) is 9.18. The van der Waals surface area contributed by atoms with Crippen LogP contribution < -0.4 is 10.1 Å². The van der Waals surface area contributed by atoms with Gasteiger partial charge in [0.2, 0.25) is 0 Å². The van der Waals surface area contributed by atoms with E-state index in [1.165, 1.54) is 12.1 Å². The Balaban J connectivity index is 0.00000272. The number of nitrogens with zero attached hydrogens (tertiary/aromatic N) is 2. The lowest BCUT2D eigenvalue weighted by Crippen LogP contribution is -2.18. The largest absolute Gasteiger partial charge is 0.418 e. The van der Waals surface area contributed by atoms with E-state index in [1.54, 1.807) is 30.5 Å². The van der Waals surface area contributed by atoms with E-state index in [1.807, 2.05) is 39.1 Å². The van der Waals surface area contributed by atoms with Crippen molar-refractivity contribution >= 4 is 35.2 Å². The van der Waals surface area contributed by atoms with Gasteiger partial charge < -0.3 is 9.30 Å². The van der Waals surface area contributed by atoms with Gasteiger partial charge in [-0.05, 0) is 54.8 Å². The molecule has 31 heavy (non-hydrogen) atoms. The number of para-hydroxylation sites is 1. The Kier molecular flexibility index (Phi) is 6.61. The number of carbonyl (C=O) groups is 1. The van der Waals surface area contributed by atoms with E-state index in [9.17, 15) is 9.18 Å². The summed E-state index contributed by atoms with van der Waals surface area (Å²) < 4.78 is 20.8. The number of hydrogen-bond acceptors (Lipinski definition) is 3. The number of rotatable bonds is 4. The topological polar surface area (TPSA) is 56.2 Å². The van der Waals surface area contributed by atoms with E-state index < -0.39 is 6.09 Å². The average molecular weight is 440 g/mol. The lowest BCUT2D eigenvalue weighted by Gasteiger charge is -2.11. The molecule has 7 heteroatoms. The Hall–Kier alpha value is -3.38. The predicted molar refractivity (Wildman–Crippen MR) is 123 cm³/mol. The number of ether oxygens (including phenoxy) is 1. The molecule has 1 amide bonds. The molecule has 5 nitrogen and oxygen atoms in total. The highest BCUT2D eigenvalue weighted by atomic mass is 35.5. The number of benzene rings is 2. The van der Waals surface area contributed by atoms with Crippen molar-refractivity contribution in [1.82, 2.24) is 9.55 Å². The van der Waals surface area contributed by atoms with Crippen molar-refractivity contribution in [1.29, 1.82) is 0 Å². The minimum Gasteiger partial charge on any atom is -0.410 e. The molecule has 2 heterocycles. The molecule has 0 unspecified atom stereocenters. The van der Waals surface area contributed by atoms with Crippen LogP contribution in [0.4, 0.5) is 15.0 Å². The van der Waals surface area contributed by atoms with Crippen LogP contribution in [0.2, 0.25) is 0 Å². The van der Waals surface area contributed by atoms with Gasteiger partial charge in [-0.25, -0.2) is 14.2 Å². The highest BCUT2D eigenvalue weighted by Gasteiger charge is 2.16. The number of halogens is 2. The summed E-state index contributed by atoms with van der Waals surface area (Å²) in [7, 11) is 1.98. The van der Waals surface area contributed by atoms with Gasteiger partial charge in [-0.3, -0.25) is 5.32 Å². The summed E-state index contributed by atoms with van der Waals surface area (Å²) in [5.41, 5.74) is 4.92. The third kappa shape index (κ3) is 4.54. The Bertz CT molecular complexity index is 1240. The molecule has 0 fully saturated rings. The lowest BCUT2D eigenvalue weighted by molar-refractivity contribution is 0.214. The van der Waals surface area contributed by atoms with Crippen LogP contribution in [-0.2, 0) is 13.5 Å². The monoisotopic (exact) mass is 439 g/mol. The summed E-state index contributed by atoms with van der Waals surface area (Å²) in [6.07, 6.45) is 1.58. The fourth-order valence-electron chi connectivity index (χ4n) is 3.60. The highest BCUT2D eigenvalue weighted by molar-refractivity contribution is 6.00. The normalized spacial score (nSPS) is 10.6. The molecule has 0 radical (unpaired) electrons. The molecular formula is C24H23ClFN3O2. The zero-order valence-corrected chi connectivity index (χ0v) is 18.3. The molecule has 0 spiro atoms. The van der Waals surface area contributed by atoms with Crippen LogP contribution in [0.3, 0.4) is 0 Å². The van der Waals surface area contributed by atoms with E-state index in [4.69, 9.17) is 4.74 Å². The summed E-state index contributed by atoms with van der Waals surface area (Å²) in [5, 5.41) is 3.68. The maximum Gasteiger partial charge on any atom is 0.418 e. The van der Waals surface area contributed by atoms with E-state index in [-0.39, 0.29) is 18.2 Å². The lowest BCUT2D eigenvalue weighted by atomic mass is 10.0. The van der Waals surface area contributed by atoms with Crippen molar-refractivity contribution in [2.75, 3.05) is 5.32 Å². The number of fused-ring (bicyclic) bond motifs is 1. The van der Waals surface area contributed by atoms with Crippen LogP contribution in [0, 0.1) is 19.7 Å². The van der Waals surface area contributed by atoms with Gasteiger partial charge in [-0.1, -0.05) is 30.3 Å². The van der Waals surface area contributed by atoms with Crippen LogP contribution in [0.1, 0.15) is 22.4 Å². The highest BCUT2D eigenvalue weighted by Crippen LogP contribution is 2.29. The predicted octanol–water partition coefficient (Wildman–Crippen LogP) is 5.95. The van der Waals surface area contributed by atoms with Crippen LogP contribution in [0.15, 0.2) is 60.8 Å². The first-order chi connectivity index (χ1) is 14.4. The number of aromatic nitrogens is 2. The molecule has 0 saturated heterocycles. The van der Waals surface area contributed by atoms with E-state index >= 15 is 0 Å². The zero-order valence-electron chi connectivity index (χ0n) is 17.5. The first kappa shape index (κ1) is 22.3. The van der Waals surface area contributed by atoms with Gasteiger partial charge in [0.1, 0.15) is 17.4 Å². The van der Waals surface area contributed by atoms with Crippen LogP contribution in [0.5, 0.6) is 5.75 Å². The van der Waals surface area contributed by atoms with E-state index in [0.717, 1.165) is 33.3 Å².